The van der Waals surface area contributed by atoms with Crippen molar-refractivity contribution in [3.63, 3.8) is 0 Å². The van der Waals surface area contributed by atoms with Crippen molar-refractivity contribution in [1.29, 1.82) is 0 Å². The largest absolute Gasteiger partial charge is 0.383 e. The van der Waals surface area contributed by atoms with Gasteiger partial charge in [-0.3, -0.25) is 5.01 Å². The summed E-state index contributed by atoms with van der Waals surface area (Å²) in [6.07, 6.45) is 4.89. The third kappa shape index (κ3) is 4.54. The second-order valence-electron chi connectivity index (χ2n) is 7.57. The van der Waals surface area contributed by atoms with Crippen LogP contribution in [0.1, 0.15) is 42.6 Å². The van der Waals surface area contributed by atoms with Gasteiger partial charge in [-0.15, -0.1) is 11.8 Å². The molecule has 2 aliphatic heterocycles. The summed E-state index contributed by atoms with van der Waals surface area (Å²) in [6.45, 7) is 4.94. The fraction of sp³-hybridized carbons (Fsp3) is 0.429. The number of piperidine rings is 1. The molecule has 9 heteroatoms. The molecule has 0 saturated carbocycles. The molecule has 1 unspecified atom stereocenters. The highest BCUT2D eigenvalue weighted by atomic mass is 35.5. The van der Waals surface area contributed by atoms with Crippen LogP contribution in [0.25, 0.3) is 0 Å². The number of hydrazone groups is 1. The van der Waals surface area contributed by atoms with E-state index in [-0.39, 0.29) is 10.3 Å². The number of thioether (sulfide) groups is 1. The van der Waals surface area contributed by atoms with E-state index in [4.69, 9.17) is 34.0 Å². The highest BCUT2D eigenvalue weighted by Crippen LogP contribution is 2.43. The molecule has 1 saturated heterocycles. The van der Waals surface area contributed by atoms with Crippen molar-refractivity contribution in [2.75, 3.05) is 25.4 Å². The number of hydrogen-bond acceptors (Lipinski definition) is 6. The summed E-state index contributed by atoms with van der Waals surface area (Å²) in [5, 5.41) is 10.8. The van der Waals surface area contributed by atoms with Crippen LogP contribution in [0, 0.1) is 5.82 Å². The van der Waals surface area contributed by atoms with Crippen molar-refractivity contribution >= 4 is 46.5 Å². The van der Waals surface area contributed by atoms with E-state index in [9.17, 15) is 4.39 Å². The van der Waals surface area contributed by atoms with Crippen molar-refractivity contribution in [1.82, 2.24) is 15.3 Å². The molecule has 160 valence electrons. The van der Waals surface area contributed by atoms with Gasteiger partial charge in [0.05, 0.1) is 15.6 Å². The zero-order valence-corrected chi connectivity index (χ0v) is 19.0. The first-order valence-corrected chi connectivity index (χ1v) is 11.7. The van der Waals surface area contributed by atoms with E-state index < -0.39 is 5.82 Å². The Bertz CT molecular complexity index is 965. The molecule has 0 aliphatic carbocycles. The summed E-state index contributed by atoms with van der Waals surface area (Å²) in [5.41, 5.74) is 8.68. The van der Waals surface area contributed by atoms with Crippen LogP contribution in [-0.4, -0.2) is 41.4 Å². The number of aromatic nitrogens is 1. The summed E-state index contributed by atoms with van der Waals surface area (Å²) in [5.74, 6) is -0.0604. The van der Waals surface area contributed by atoms with Crippen LogP contribution in [0.15, 0.2) is 34.4 Å². The second kappa shape index (κ2) is 9.30. The average molecular weight is 468 g/mol. The SMILES string of the molecule is CC(Sc1cc(C2=NN(C3CCNCC3)CC2)cnc1N)c1c(Cl)ccc(F)c1Cl. The van der Waals surface area contributed by atoms with E-state index >= 15 is 0 Å². The molecule has 4 rings (SSSR count). The number of anilines is 1. The van der Waals surface area contributed by atoms with Gasteiger partial charge in [-0.25, -0.2) is 9.37 Å². The molecule has 30 heavy (non-hydrogen) atoms. The van der Waals surface area contributed by atoms with E-state index in [0.29, 0.717) is 22.4 Å². The van der Waals surface area contributed by atoms with E-state index in [1.165, 1.54) is 23.9 Å². The van der Waals surface area contributed by atoms with Crippen LogP contribution in [0.5, 0.6) is 0 Å². The van der Waals surface area contributed by atoms with Crippen molar-refractivity contribution in [2.24, 2.45) is 5.10 Å². The van der Waals surface area contributed by atoms with Gasteiger partial charge in [0.2, 0.25) is 0 Å². The Balaban J connectivity index is 1.55. The highest BCUT2D eigenvalue weighted by molar-refractivity contribution is 7.99. The third-order valence-corrected chi connectivity index (χ3v) is 7.45. The Morgan fingerprint density at radius 3 is 2.83 bits per heavy atom. The number of benzene rings is 1. The smallest absolute Gasteiger partial charge is 0.142 e. The number of pyridine rings is 1. The van der Waals surface area contributed by atoms with Crippen LogP contribution >= 0.6 is 35.0 Å². The monoisotopic (exact) mass is 467 g/mol. The summed E-state index contributed by atoms with van der Waals surface area (Å²) >= 11 is 13.9. The summed E-state index contributed by atoms with van der Waals surface area (Å²) in [7, 11) is 0. The normalized spacial score (nSPS) is 18.5. The lowest BCUT2D eigenvalue weighted by atomic mass is 10.1. The van der Waals surface area contributed by atoms with E-state index in [2.05, 4.69) is 15.3 Å². The lowest BCUT2D eigenvalue weighted by Crippen LogP contribution is -2.39. The van der Waals surface area contributed by atoms with Crippen LogP contribution in [0.2, 0.25) is 10.0 Å². The number of nitrogens with one attached hydrogen (secondary N) is 1. The minimum atomic E-state index is -0.485. The van der Waals surface area contributed by atoms with E-state index in [1.54, 1.807) is 6.20 Å². The van der Waals surface area contributed by atoms with Crippen LogP contribution in [-0.2, 0) is 0 Å². The molecule has 1 atom stereocenters. The maximum atomic E-state index is 13.9. The van der Waals surface area contributed by atoms with Gasteiger partial charge in [0.1, 0.15) is 11.6 Å². The fourth-order valence-corrected chi connectivity index (χ4v) is 5.86. The first kappa shape index (κ1) is 21.7. The maximum absolute atomic E-state index is 13.9. The van der Waals surface area contributed by atoms with E-state index in [1.807, 2.05) is 13.0 Å². The van der Waals surface area contributed by atoms with Crippen molar-refractivity contribution in [2.45, 2.75) is 42.4 Å². The molecule has 1 aromatic carbocycles. The Kier molecular flexibility index (Phi) is 6.72. The number of rotatable bonds is 5. The Morgan fingerprint density at radius 1 is 1.30 bits per heavy atom. The van der Waals surface area contributed by atoms with Gasteiger partial charge in [-0.2, -0.15) is 5.10 Å². The Morgan fingerprint density at radius 2 is 2.07 bits per heavy atom. The van der Waals surface area contributed by atoms with Gasteiger partial charge < -0.3 is 11.1 Å². The highest BCUT2D eigenvalue weighted by Gasteiger charge is 2.26. The molecule has 0 radical (unpaired) electrons. The predicted octanol–water partition coefficient (Wildman–Crippen LogP) is 5.12. The molecule has 0 bridgehead atoms. The summed E-state index contributed by atoms with van der Waals surface area (Å²) in [4.78, 5) is 5.18. The Hall–Kier alpha value is -1.54. The minimum Gasteiger partial charge on any atom is -0.383 e. The quantitative estimate of drug-likeness (QED) is 0.471. The predicted molar refractivity (Wildman–Crippen MR) is 123 cm³/mol. The van der Waals surface area contributed by atoms with Crippen LogP contribution in [0.4, 0.5) is 10.2 Å². The molecule has 2 aliphatic rings. The standard InChI is InChI=1S/C21H24Cl2FN5S/c1-12(19-15(22)2-3-16(24)20(19)23)30-18-10-13(11-27-21(18)25)17-6-9-29(28-17)14-4-7-26-8-5-14/h2-3,10-12,14,26H,4-9H2,1H3,(H2,25,27). The molecule has 5 nitrogen and oxygen atoms in total. The molecule has 0 spiro atoms. The molecule has 3 N–H and O–H groups in total. The lowest BCUT2D eigenvalue weighted by Gasteiger charge is -2.29. The Labute approximate surface area is 190 Å². The van der Waals surface area contributed by atoms with Crippen molar-refractivity contribution < 1.29 is 4.39 Å². The topological polar surface area (TPSA) is 66.5 Å². The first-order valence-electron chi connectivity index (χ1n) is 10.0. The van der Waals surface area contributed by atoms with Crippen molar-refractivity contribution in [3.8, 4) is 0 Å². The van der Waals surface area contributed by atoms with Crippen LogP contribution in [0.3, 0.4) is 0 Å². The van der Waals surface area contributed by atoms with Gasteiger partial charge in [-0.1, -0.05) is 23.2 Å². The molecule has 1 fully saturated rings. The second-order valence-corrected chi connectivity index (χ2v) is 9.73. The summed E-state index contributed by atoms with van der Waals surface area (Å²) < 4.78 is 13.9. The average Bonchev–Trinajstić information content (AvgIpc) is 3.24. The third-order valence-electron chi connectivity index (χ3n) is 5.56. The van der Waals surface area contributed by atoms with Gasteiger partial charge in [0.15, 0.2) is 0 Å². The number of hydrogen-bond donors (Lipinski definition) is 2. The van der Waals surface area contributed by atoms with Crippen LogP contribution < -0.4 is 11.1 Å². The zero-order valence-electron chi connectivity index (χ0n) is 16.7. The molecule has 1 aromatic heterocycles. The van der Waals surface area contributed by atoms with Gasteiger partial charge in [0, 0.05) is 46.6 Å². The van der Waals surface area contributed by atoms with Gasteiger partial charge >= 0.3 is 0 Å². The van der Waals surface area contributed by atoms with Gasteiger partial charge in [0.25, 0.3) is 0 Å². The number of nitrogen functional groups attached to an aromatic ring is 1. The molecule has 3 heterocycles. The number of halogens is 3. The zero-order chi connectivity index (χ0) is 21.3. The minimum absolute atomic E-state index is 0.0444. The molecular formula is C21H24Cl2FN5S. The fourth-order valence-electron chi connectivity index (χ4n) is 3.92. The first-order chi connectivity index (χ1) is 14.4. The molecule has 2 aromatic rings. The maximum Gasteiger partial charge on any atom is 0.142 e. The number of nitrogens with zero attached hydrogens (tertiary/aromatic N) is 3. The molecular weight excluding hydrogens is 444 g/mol. The van der Waals surface area contributed by atoms with Crippen molar-refractivity contribution in [3.05, 3.63) is 51.4 Å². The number of nitrogens with two attached hydrogens (primary N) is 1. The van der Waals surface area contributed by atoms with E-state index in [0.717, 1.165) is 55.1 Å². The molecule has 0 amide bonds. The lowest BCUT2D eigenvalue weighted by molar-refractivity contribution is 0.185. The van der Waals surface area contributed by atoms with Gasteiger partial charge in [-0.05, 0) is 51.1 Å². The summed E-state index contributed by atoms with van der Waals surface area (Å²) in [6, 6.07) is 5.30.